The lowest BCUT2D eigenvalue weighted by Crippen LogP contribution is -2.58. The number of anilines is 1. The average molecular weight is 350 g/mol. The Hall–Kier alpha value is -2.13. The summed E-state index contributed by atoms with van der Waals surface area (Å²) in [5.41, 5.74) is 12.9. The van der Waals surface area contributed by atoms with Crippen LogP contribution in [0.15, 0.2) is 33.1 Å². The summed E-state index contributed by atoms with van der Waals surface area (Å²) in [6, 6.07) is 4.72. The molecule has 1 spiro atoms. The van der Waals surface area contributed by atoms with Gasteiger partial charge in [-0.3, -0.25) is 4.90 Å². The van der Waals surface area contributed by atoms with Gasteiger partial charge in [0.2, 0.25) is 21.9 Å². The molecule has 3 rings (SSSR count). The number of primary sulfonamides is 1. The maximum Gasteiger partial charge on any atom is 0.238 e. The first-order valence-electron chi connectivity index (χ1n) is 7.86. The molecule has 1 saturated carbocycles. The minimum atomic E-state index is -3.82. The first-order chi connectivity index (χ1) is 11.2. The molecule has 1 aromatic rings. The van der Waals surface area contributed by atoms with Crippen molar-refractivity contribution < 1.29 is 8.42 Å². The molecule has 1 aliphatic heterocycles. The van der Waals surface area contributed by atoms with E-state index in [1.807, 2.05) is 11.8 Å². The molecule has 0 aromatic heterocycles. The van der Waals surface area contributed by atoms with Gasteiger partial charge in [0.1, 0.15) is 5.66 Å². The minimum absolute atomic E-state index is 0.0318. The van der Waals surface area contributed by atoms with Crippen molar-refractivity contribution in [1.29, 1.82) is 0 Å². The topological polar surface area (TPSA) is 140 Å². The summed E-state index contributed by atoms with van der Waals surface area (Å²) in [4.78, 5) is 10.5. The third-order valence-electron chi connectivity index (χ3n) is 4.60. The van der Waals surface area contributed by atoms with Crippen LogP contribution in [0.3, 0.4) is 0 Å². The Kier molecular flexibility index (Phi) is 4.00. The molecule has 1 heterocycles. The Morgan fingerprint density at radius 2 is 1.83 bits per heavy atom. The van der Waals surface area contributed by atoms with Gasteiger partial charge in [0.05, 0.1) is 10.6 Å². The molecular formula is C15H22N6O2S. The highest BCUT2D eigenvalue weighted by Crippen LogP contribution is 2.40. The zero-order valence-corrected chi connectivity index (χ0v) is 14.4. The van der Waals surface area contributed by atoms with Crippen molar-refractivity contribution in [3.8, 4) is 0 Å². The van der Waals surface area contributed by atoms with E-state index in [0.717, 1.165) is 37.7 Å². The van der Waals surface area contributed by atoms with Crippen molar-refractivity contribution in [3.05, 3.63) is 23.8 Å². The van der Waals surface area contributed by atoms with Crippen LogP contribution in [0.25, 0.3) is 0 Å². The number of nitrogens with zero attached hydrogens (tertiary/aromatic N) is 3. The van der Waals surface area contributed by atoms with Gasteiger partial charge in [-0.2, -0.15) is 4.99 Å². The molecule has 2 aliphatic rings. The number of sulfonamides is 1. The van der Waals surface area contributed by atoms with E-state index in [-0.39, 0.29) is 16.8 Å². The SMILES string of the molecule is Cc1ccc(S(N)(=O)=O)cc1N1C(N)=NC(N)=NC12CCCCC2. The number of rotatable bonds is 2. The van der Waals surface area contributed by atoms with E-state index in [4.69, 9.17) is 16.6 Å². The van der Waals surface area contributed by atoms with Gasteiger partial charge in [0.25, 0.3) is 0 Å². The lowest BCUT2D eigenvalue weighted by molar-refractivity contribution is 0.305. The largest absolute Gasteiger partial charge is 0.369 e. The molecule has 24 heavy (non-hydrogen) atoms. The van der Waals surface area contributed by atoms with Gasteiger partial charge in [-0.1, -0.05) is 12.5 Å². The third kappa shape index (κ3) is 2.84. The summed E-state index contributed by atoms with van der Waals surface area (Å²) >= 11 is 0. The fourth-order valence-electron chi connectivity index (χ4n) is 3.48. The minimum Gasteiger partial charge on any atom is -0.369 e. The van der Waals surface area contributed by atoms with Crippen LogP contribution in [0.5, 0.6) is 0 Å². The molecule has 0 bridgehead atoms. The highest BCUT2D eigenvalue weighted by Gasteiger charge is 2.43. The monoisotopic (exact) mass is 350 g/mol. The van der Waals surface area contributed by atoms with E-state index >= 15 is 0 Å². The van der Waals surface area contributed by atoms with Crippen molar-refractivity contribution in [2.45, 2.75) is 49.6 Å². The van der Waals surface area contributed by atoms with Crippen molar-refractivity contribution in [2.24, 2.45) is 26.6 Å². The molecule has 9 heteroatoms. The predicted octanol–water partition coefficient (Wildman–Crippen LogP) is 0.752. The van der Waals surface area contributed by atoms with Crippen molar-refractivity contribution >= 4 is 27.6 Å². The number of nitrogens with two attached hydrogens (primary N) is 3. The standard InChI is InChI=1S/C15H22N6O2S/c1-10-5-6-11(24(18,22)23)9-12(10)21-14(17)19-13(16)20-15(21)7-3-2-4-8-15/h5-6,9H,2-4,7-8H2,1H3,(H2,18,22,23)(H4,16,17,19,20). The molecule has 0 unspecified atom stereocenters. The number of hydrogen-bond donors (Lipinski definition) is 3. The van der Waals surface area contributed by atoms with Crippen molar-refractivity contribution in [3.63, 3.8) is 0 Å². The van der Waals surface area contributed by atoms with E-state index in [1.165, 1.54) is 12.1 Å². The lowest BCUT2D eigenvalue weighted by atomic mass is 9.87. The van der Waals surface area contributed by atoms with Crippen molar-refractivity contribution in [2.75, 3.05) is 4.90 Å². The van der Waals surface area contributed by atoms with Crippen LogP contribution in [0, 0.1) is 6.92 Å². The van der Waals surface area contributed by atoms with Gasteiger partial charge in [0, 0.05) is 0 Å². The fourth-order valence-corrected chi connectivity index (χ4v) is 4.01. The Labute approximate surface area is 141 Å². The van der Waals surface area contributed by atoms with E-state index in [0.29, 0.717) is 5.69 Å². The predicted molar refractivity (Wildman–Crippen MR) is 94.1 cm³/mol. The summed E-state index contributed by atoms with van der Waals surface area (Å²) in [5.74, 6) is 0.380. The second kappa shape index (κ2) is 5.75. The smallest absolute Gasteiger partial charge is 0.238 e. The van der Waals surface area contributed by atoms with Gasteiger partial charge in [-0.15, -0.1) is 0 Å². The first-order valence-corrected chi connectivity index (χ1v) is 9.41. The van der Waals surface area contributed by atoms with Gasteiger partial charge < -0.3 is 11.5 Å². The molecule has 1 aromatic carbocycles. The number of aryl methyl sites for hydroxylation is 1. The molecular weight excluding hydrogens is 328 g/mol. The molecule has 0 saturated heterocycles. The Morgan fingerprint density at radius 3 is 2.46 bits per heavy atom. The van der Waals surface area contributed by atoms with Crippen molar-refractivity contribution in [1.82, 2.24) is 0 Å². The second-order valence-corrected chi connectivity index (χ2v) is 7.87. The van der Waals surface area contributed by atoms with E-state index < -0.39 is 15.7 Å². The first kappa shape index (κ1) is 16.7. The summed E-state index contributed by atoms with van der Waals surface area (Å²) < 4.78 is 23.5. The normalized spacial score (nSPS) is 20.7. The Bertz CT molecular complexity index is 824. The van der Waals surface area contributed by atoms with Crippen LogP contribution in [0.1, 0.15) is 37.7 Å². The highest BCUT2D eigenvalue weighted by molar-refractivity contribution is 7.89. The van der Waals surface area contributed by atoms with E-state index in [1.54, 1.807) is 6.07 Å². The van der Waals surface area contributed by atoms with Gasteiger partial charge in [-0.05, 0) is 50.3 Å². The number of aliphatic imine (C=N–C) groups is 2. The van der Waals surface area contributed by atoms with Crippen LogP contribution >= 0.6 is 0 Å². The van der Waals surface area contributed by atoms with Crippen LogP contribution < -0.4 is 21.5 Å². The number of benzene rings is 1. The maximum absolute atomic E-state index is 11.7. The fraction of sp³-hybridized carbons (Fsp3) is 0.467. The molecule has 0 atom stereocenters. The lowest BCUT2D eigenvalue weighted by Gasteiger charge is -2.46. The van der Waals surface area contributed by atoms with Crippen LogP contribution in [-0.4, -0.2) is 26.0 Å². The zero-order chi connectivity index (χ0) is 17.5. The molecule has 0 amide bonds. The molecule has 1 fully saturated rings. The molecule has 6 N–H and O–H groups in total. The maximum atomic E-state index is 11.7. The average Bonchev–Trinajstić information content (AvgIpc) is 2.48. The second-order valence-electron chi connectivity index (χ2n) is 6.31. The van der Waals surface area contributed by atoms with Gasteiger partial charge in [0.15, 0.2) is 0 Å². The number of hydrogen-bond acceptors (Lipinski definition) is 7. The highest BCUT2D eigenvalue weighted by atomic mass is 32.2. The number of guanidine groups is 2. The van der Waals surface area contributed by atoms with Crippen LogP contribution in [0.4, 0.5) is 5.69 Å². The van der Waals surface area contributed by atoms with Crippen LogP contribution in [-0.2, 0) is 10.0 Å². The van der Waals surface area contributed by atoms with Gasteiger partial charge in [-0.25, -0.2) is 18.5 Å². The van der Waals surface area contributed by atoms with Crippen LogP contribution in [0.2, 0.25) is 0 Å². The summed E-state index contributed by atoms with van der Waals surface area (Å²) in [5, 5.41) is 5.28. The Morgan fingerprint density at radius 1 is 1.17 bits per heavy atom. The van der Waals surface area contributed by atoms with Gasteiger partial charge >= 0.3 is 0 Å². The van der Waals surface area contributed by atoms with E-state index in [2.05, 4.69) is 9.98 Å². The summed E-state index contributed by atoms with van der Waals surface area (Å²) in [6.07, 6.45) is 4.67. The summed E-state index contributed by atoms with van der Waals surface area (Å²) in [6.45, 7) is 1.88. The molecule has 1 aliphatic carbocycles. The zero-order valence-electron chi connectivity index (χ0n) is 13.6. The Balaban J connectivity index is 2.17. The third-order valence-corrected chi connectivity index (χ3v) is 5.51. The molecule has 130 valence electrons. The van der Waals surface area contributed by atoms with E-state index in [9.17, 15) is 8.42 Å². The summed E-state index contributed by atoms with van der Waals surface area (Å²) in [7, 11) is -3.82. The molecule has 0 radical (unpaired) electrons. The molecule has 8 nitrogen and oxygen atoms in total. The quantitative estimate of drug-likeness (QED) is 0.722.